The Kier molecular flexibility index (Phi) is 5.60. The van der Waals surface area contributed by atoms with Gasteiger partial charge in [-0.25, -0.2) is 4.79 Å². The zero-order chi connectivity index (χ0) is 15.9. The highest BCUT2D eigenvalue weighted by atomic mass is 16.4. The van der Waals surface area contributed by atoms with E-state index in [1.807, 2.05) is 24.3 Å². The highest BCUT2D eigenvalue weighted by molar-refractivity contribution is 5.74. The molecule has 0 spiro atoms. The molecular weight excluding hydrogens is 284 g/mol. The van der Waals surface area contributed by atoms with E-state index < -0.39 is 6.09 Å². The number of carbonyl (C=O) groups excluding carboxylic acids is 2. The van der Waals surface area contributed by atoms with Crippen molar-refractivity contribution in [1.29, 1.82) is 0 Å². The normalized spacial score (nSPS) is 14.8. The van der Waals surface area contributed by atoms with Crippen LogP contribution in [0.5, 0.6) is 0 Å². The Labute approximate surface area is 129 Å². The molecule has 3 amide bonds. The first-order chi connectivity index (χ1) is 10.6. The molecule has 1 saturated heterocycles. The molecule has 0 saturated carbocycles. The van der Waals surface area contributed by atoms with Crippen molar-refractivity contribution in [2.24, 2.45) is 5.73 Å². The van der Waals surface area contributed by atoms with Crippen molar-refractivity contribution in [1.82, 2.24) is 15.1 Å². The zero-order valence-electron chi connectivity index (χ0n) is 12.5. The summed E-state index contributed by atoms with van der Waals surface area (Å²) in [5.41, 5.74) is 7.69. The molecule has 7 heteroatoms. The van der Waals surface area contributed by atoms with Gasteiger partial charge < -0.3 is 30.8 Å². The summed E-state index contributed by atoms with van der Waals surface area (Å²) >= 11 is 0. The third-order valence-corrected chi connectivity index (χ3v) is 3.72. The Bertz CT molecular complexity index is 510. The fourth-order valence-electron chi connectivity index (χ4n) is 2.37. The van der Waals surface area contributed by atoms with Crippen molar-refractivity contribution in [2.45, 2.75) is 13.0 Å². The van der Waals surface area contributed by atoms with Gasteiger partial charge in [0.1, 0.15) is 6.09 Å². The van der Waals surface area contributed by atoms with Gasteiger partial charge in [-0.1, -0.05) is 24.3 Å². The van der Waals surface area contributed by atoms with Crippen LogP contribution in [0.15, 0.2) is 24.3 Å². The van der Waals surface area contributed by atoms with Crippen LogP contribution in [0.1, 0.15) is 11.1 Å². The molecule has 0 aromatic heterocycles. The second kappa shape index (κ2) is 7.65. The fourth-order valence-corrected chi connectivity index (χ4v) is 2.37. The van der Waals surface area contributed by atoms with E-state index in [9.17, 15) is 14.7 Å². The van der Waals surface area contributed by atoms with E-state index in [-0.39, 0.29) is 6.03 Å². The van der Waals surface area contributed by atoms with Crippen LogP contribution in [0.4, 0.5) is 9.59 Å². The van der Waals surface area contributed by atoms with Crippen LogP contribution in [-0.2, 0) is 13.0 Å². The number of amides is 3. The molecular formula is C15H21N4O3-. The number of nitrogens with one attached hydrogen (secondary N) is 1. The second-order valence-corrected chi connectivity index (χ2v) is 5.25. The third-order valence-electron chi connectivity index (χ3n) is 3.72. The maximum absolute atomic E-state index is 12.0. The number of hydrogen-bond acceptors (Lipinski definition) is 4. The molecule has 2 rings (SSSR count). The Morgan fingerprint density at radius 3 is 2.14 bits per heavy atom. The molecule has 0 aliphatic carbocycles. The van der Waals surface area contributed by atoms with Gasteiger partial charge in [-0.15, -0.1) is 0 Å². The number of piperazine rings is 1. The van der Waals surface area contributed by atoms with Gasteiger partial charge in [0.2, 0.25) is 0 Å². The standard InChI is InChI=1S/C15H22N4O3/c16-6-5-12-1-3-13(4-2-12)11-17-14(20)18-7-9-19(10-8-18)15(21)22/h1-4H,5-11,16H2,(H,17,20)(H,21,22)/p-1. The van der Waals surface area contributed by atoms with Crippen molar-refractivity contribution >= 4 is 12.1 Å². The molecule has 1 fully saturated rings. The number of rotatable bonds is 4. The van der Waals surface area contributed by atoms with E-state index >= 15 is 0 Å². The predicted molar refractivity (Wildman–Crippen MR) is 80.0 cm³/mol. The van der Waals surface area contributed by atoms with Gasteiger partial charge in [0.05, 0.1) is 0 Å². The third kappa shape index (κ3) is 4.36. The summed E-state index contributed by atoms with van der Waals surface area (Å²) in [6.07, 6.45) is -0.340. The number of urea groups is 1. The van der Waals surface area contributed by atoms with Gasteiger partial charge in [0.25, 0.3) is 0 Å². The number of nitrogens with zero attached hydrogens (tertiary/aromatic N) is 2. The number of carbonyl (C=O) groups is 2. The summed E-state index contributed by atoms with van der Waals surface area (Å²) in [5.74, 6) is 0. The molecule has 0 bridgehead atoms. The van der Waals surface area contributed by atoms with Crippen molar-refractivity contribution in [3.8, 4) is 0 Å². The molecule has 1 aromatic carbocycles. The number of hydrogen-bond donors (Lipinski definition) is 2. The SMILES string of the molecule is NCCc1ccc(CNC(=O)N2CCN(C(=O)[O-])CC2)cc1. The number of carboxylic acid groups (broad SMARTS) is 1. The largest absolute Gasteiger partial charge is 0.530 e. The van der Waals surface area contributed by atoms with Gasteiger partial charge in [0, 0.05) is 32.7 Å². The van der Waals surface area contributed by atoms with Gasteiger partial charge in [-0.3, -0.25) is 0 Å². The summed E-state index contributed by atoms with van der Waals surface area (Å²) in [6.45, 7) is 2.42. The van der Waals surface area contributed by atoms with Crippen molar-refractivity contribution in [3.05, 3.63) is 35.4 Å². The van der Waals surface area contributed by atoms with Crippen LogP contribution < -0.4 is 16.2 Å². The van der Waals surface area contributed by atoms with E-state index in [2.05, 4.69) is 5.32 Å². The first kappa shape index (κ1) is 16.1. The molecule has 1 aliphatic rings. The molecule has 120 valence electrons. The van der Waals surface area contributed by atoms with Gasteiger partial charge in [-0.05, 0) is 24.1 Å². The molecule has 3 N–H and O–H groups in total. The van der Waals surface area contributed by atoms with Gasteiger partial charge in [0.15, 0.2) is 0 Å². The number of nitrogens with two attached hydrogens (primary N) is 1. The Balaban J connectivity index is 1.77. The summed E-state index contributed by atoms with van der Waals surface area (Å²) in [4.78, 5) is 25.6. The lowest BCUT2D eigenvalue weighted by Crippen LogP contribution is -2.55. The number of benzene rings is 1. The van der Waals surface area contributed by atoms with Crippen LogP contribution in [0, 0.1) is 0 Å². The minimum atomic E-state index is -1.18. The quantitative estimate of drug-likeness (QED) is 0.772. The molecule has 1 heterocycles. The lowest BCUT2D eigenvalue weighted by atomic mass is 10.1. The highest BCUT2D eigenvalue weighted by Gasteiger charge is 2.20. The average Bonchev–Trinajstić information content (AvgIpc) is 2.54. The second-order valence-electron chi connectivity index (χ2n) is 5.25. The first-order valence-electron chi connectivity index (χ1n) is 7.36. The Hall–Kier alpha value is -2.28. The predicted octanol–water partition coefficient (Wildman–Crippen LogP) is -0.642. The van der Waals surface area contributed by atoms with Crippen molar-refractivity contribution in [3.63, 3.8) is 0 Å². The highest BCUT2D eigenvalue weighted by Crippen LogP contribution is 2.06. The topological polar surface area (TPSA) is 102 Å². The lowest BCUT2D eigenvalue weighted by molar-refractivity contribution is -0.266. The van der Waals surface area contributed by atoms with Crippen LogP contribution >= 0.6 is 0 Å². The van der Waals surface area contributed by atoms with Crippen LogP contribution in [0.2, 0.25) is 0 Å². The molecule has 0 unspecified atom stereocenters. The molecule has 7 nitrogen and oxygen atoms in total. The lowest BCUT2D eigenvalue weighted by Gasteiger charge is -2.36. The first-order valence-corrected chi connectivity index (χ1v) is 7.36. The van der Waals surface area contributed by atoms with Crippen molar-refractivity contribution < 1.29 is 14.7 Å². The molecule has 1 aromatic rings. The maximum atomic E-state index is 12.0. The van der Waals surface area contributed by atoms with E-state index in [0.717, 1.165) is 12.0 Å². The average molecular weight is 305 g/mol. The Morgan fingerprint density at radius 1 is 1.05 bits per heavy atom. The van der Waals surface area contributed by atoms with Crippen LogP contribution in [-0.4, -0.2) is 54.6 Å². The Morgan fingerprint density at radius 2 is 1.59 bits per heavy atom. The van der Waals surface area contributed by atoms with Crippen LogP contribution in [0.25, 0.3) is 0 Å². The van der Waals surface area contributed by atoms with Gasteiger partial charge >= 0.3 is 6.03 Å². The molecule has 0 radical (unpaired) electrons. The summed E-state index contributed by atoms with van der Waals surface area (Å²) < 4.78 is 0. The van der Waals surface area contributed by atoms with Gasteiger partial charge in [-0.2, -0.15) is 0 Å². The van der Waals surface area contributed by atoms with E-state index in [0.29, 0.717) is 39.3 Å². The van der Waals surface area contributed by atoms with Crippen LogP contribution in [0.3, 0.4) is 0 Å². The zero-order valence-corrected chi connectivity index (χ0v) is 12.5. The molecule has 22 heavy (non-hydrogen) atoms. The summed E-state index contributed by atoms with van der Waals surface area (Å²) in [6, 6.07) is 7.78. The van der Waals surface area contributed by atoms with Crippen molar-refractivity contribution in [2.75, 3.05) is 32.7 Å². The summed E-state index contributed by atoms with van der Waals surface area (Å²) in [5, 5.41) is 13.5. The smallest absolute Gasteiger partial charge is 0.317 e. The van der Waals surface area contributed by atoms with E-state index in [4.69, 9.17) is 5.73 Å². The molecule has 1 aliphatic heterocycles. The molecule has 0 atom stereocenters. The fraction of sp³-hybridized carbons (Fsp3) is 0.467. The van der Waals surface area contributed by atoms with E-state index in [1.165, 1.54) is 10.5 Å². The minimum absolute atomic E-state index is 0.177. The monoisotopic (exact) mass is 305 g/mol. The minimum Gasteiger partial charge on any atom is -0.530 e. The van der Waals surface area contributed by atoms with E-state index in [1.54, 1.807) is 4.90 Å². The maximum Gasteiger partial charge on any atom is 0.317 e. The summed E-state index contributed by atoms with van der Waals surface area (Å²) in [7, 11) is 0.